The number of hydrogen-bond acceptors (Lipinski definition) is 5. The van der Waals surface area contributed by atoms with Gasteiger partial charge in [0, 0.05) is 12.6 Å². The van der Waals surface area contributed by atoms with Gasteiger partial charge in [0.05, 0.1) is 18.9 Å². The molecule has 1 rings (SSSR count). The van der Waals surface area contributed by atoms with Crippen molar-refractivity contribution in [2.45, 2.75) is 17.9 Å². The number of nitrogens with two attached hydrogens (primary N) is 1. The van der Waals surface area contributed by atoms with Crippen LogP contribution in [0, 0.1) is 0 Å². The summed E-state index contributed by atoms with van der Waals surface area (Å²) < 4.78 is 30.8. The van der Waals surface area contributed by atoms with E-state index >= 15 is 0 Å². The van der Waals surface area contributed by atoms with Crippen LogP contribution in [-0.4, -0.2) is 33.3 Å². The first-order valence-corrected chi connectivity index (χ1v) is 6.46. The molecule has 0 amide bonds. The van der Waals surface area contributed by atoms with Crippen molar-refractivity contribution in [2.24, 2.45) is 0 Å². The highest BCUT2D eigenvalue weighted by molar-refractivity contribution is 7.89. The van der Waals surface area contributed by atoms with Crippen LogP contribution in [-0.2, 0) is 10.0 Å². The van der Waals surface area contributed by atoms with E-state index in [9.17, 15) is 8.42 Å². The Hall–Kier alpha value is -1.31. The zero-order chi connectivity index (χ0) is 13.1. The van der Waals surface area contributed by atoms with Gasteiger partial charge >= 0.3 is 0 Å². The van der Waals surface area contributed by atoms with Gasteiger partial charge in [-0.3, -0.25) is 0 Å². The Morgan fingerprint density at radius 3 is 2.65 bits per heavy atom. The van der Waals surface area contributed by atoms with E-state index < -0.39 is 16.1 Å². The van der Waals surface area contributed by atoms with E-state index in [-0.39, 0.29) is 17.1 Å². The van der Waals surface area contributed by atoms with E-state index in [1.54, 1.807) is 0 Å². The van der Waals surface area contributed by atoms with Crippen molar-refractivity contribution in [3.05, 3.63) is 18.2 Å². The second-order valence-electron chi connectivity index (χ2n) is 3.60. The summed E-state index contributed by atoms with van der Waals surface area (Å²) in [6.07, 6.45) is -0.760. The molecule has 0 aliphatic heterocycles. The van der Waals surface area contributed by atoms with Gasteiger partial charge in [0.1, 0.15) is 10.6 Å². The summed E-state index contributed by atoms with van der Waals surface area (Å²) in [7, 11) is -2.23. The lowest BCUT2D eigenvalue weighted by atomic mass is 10.3. The van der Waals surface area contributed by atoms with E-state index in [1.807, 2.05) is 0 Å². The molecule has 1 unspecified atom stereocenters. The second-order valence-corrected chi connectivity index (χ2v) is 5.34. The van der Waals surface area contributed by atoms with Crippen molar-refractivity contribution in [3.63, 3.8) is 0 Å². The van der Waals surface area contributed by atoms with Crippen LogP contribution in [0.2, 0.25) is 0 Å². The molecular formula is C10H16N2O4S. The summed E-state index contributed by atoms with van der Waals surface area (Å²) in [6.45, 7) is 1.42. The maximum atomic E-state index is 11.8. The molecule has 0 heterocycles. The third kappa shape index (κ3) is 3.58. The average Bonchev–Trinajstić information content (AvgIpc) is 2.26. The minimum atomic E-state index is -3.70. The van der Waals surface area contributed by atoms with E-state index in [0.717, 1.165) is 0 Å². The predicted molar refractivity (Wildman–Crippen MR) is 64.3 cm³/mol. The lowest BCUT2D eigenvalue weighted by Gasteiger charge is -2.11. The lowest BCUT2D eigenvalue weighted by Crippen LogP contribution is -2.31. The Labute approximate surface area is 100 Å². The first kappa shape index (κ1) is 13.8. The first-order chi connectivity index (χ1) is 7.86. The molecule has 0 bridgehead atoms. The number of sulfonamides is 1. The van der Waals surface area contributed by atoms with Gasteiger partial charge in [-0.1, -0.05) is 0 Å². The standard InChI is InChI=1S/C10H16N2O4S/c1-7(13)6-12-17(14,15)10-4-3-8(16-2)5-9(10)11/h3-5,7,12-13H,6,11H2,1-2H3. The molecule has 0 saturated carbocycles. The van der Waals surface area contributed by atoms with Gasteiger partial charge in [0.2, 0.25) is 10.0 Å². The molecule has 1 aromatic rings. The van der Waals surface area contributed by atoms with Crippen LogP contribution in [0.1, 0.15) is 6.92 Å². The fourth-order valence-electron chi connectivity index (χ4n) is 1.21. The fraction of sp³-hybridized carbons (Fsp3) is 0.400. The van der Waals surface area contributed by atoms with E-state index in [0.29, 0.717) is 5.75 Å². The summed E-state index contributed by atoms with van der Waals surface area (Å²) >= 11 is 0. The summed E-state index contributed by atoms with van der Waals surface area (Å²) in [5, 5.41) is 9.04. The van der Waals surface area contributed by atoms with Crippen molar-refractivity contribution >= 4 is 15.7 Å². The normalized spacial score (nSPS) is 13.4. The molecule has 7 heteroatoms. The number of aliphatic hydroxyl groups is 1. The van der Waals surface area contributed by atoms with Crippen LogP contribution < -0.4 is 15.2 Å². The number of rotatable bonds is 5. The monoisotopic (exact) mass is 260 g/mol. The molecule has 1 aromatic carbocycles. The number of nitrogens with one attached hydrogen (secondary N) is 1. The first-order valence-electron chi connectivity index (χ1n) is 4.98. The van der Waals surface area contributed by atoms with Gasteiger partial charge < -0.3 is 15.6 Å². The highest BCUT2D eigenvalue weighted by Crippen LogP contribution is 2.23. The molecule has 0 radical (unpaired) electrons. The van der Waals surface area contributed by atoms with E-state index in [4.69, 9.17) is 15.6 Å². The van der Waals surface area contributed by atoms with Crippen LogP contribution in [0.5, 0.6) is 5.75 Å². The third-order valence-corrected chi connectivity index (χ3v) is 3.57. The van der Waals surface area contributed by atoms with Gasteiger partial charge in [-0.15, -0.1) is 0 Å². The number of aliphatic hydroxyl groups excluding tert-OH is 1. The van der Waals surface area contributed by atoms with Crippen LogP contribution in [0.4, 0.5) is 5.69 Å². The van der Waals surface area contributed by atoms with Gasteiger partial charge in [0.25, 0.3) is 0 Å². The molecule has 4 N–H and O–H groups in total. The maximum Gasteiger partial charge on any atom is 0.242 e. The maximum absolute atomic E-state index is 11.8. The van der Waals surface area contributed by atoms with Crippen molar-refractivity contribution in [2.75, 3.05) is 19.4 Å². The van der Waals surface area contributed by atoms with Gasteiger partial charge in [-0.25, -0.2) is 13.1 Å². The smallest absolute Gasteiger partial charge is 0.242 e. The van der Waals surface area contributed by atoms with Crippen LogP contribution >= 0.6 is 0 Å². The molecular weight excluding hydrogens is 244 g/mol. The van der Waals surface area contributed by atoms with Crippen molar-refractivity contribution in [1.82, 2.24) is 4.72 Å². The number of methoxy groups -OCH3 is 1. The number of benzene rings is 1. The molecule has 0 saturated heterocycles. The SMILES string of the molecule is COc1ccc(S(=O)(=O)NCC(C)O)c(N)c1. The average molecular weight is 260 g/mol. The number of hydrogen-bond donors (Lipinski definition) is 3. The number of anilines is 1. The Morgan fingerprint density at radius 1 is 1.53 bits per heavy atom. The van der Waals surface area contributed by atoms with Crippen LogP contribution in [0.25, 0.3) is 0 Å². The molecule has 0 aromatic heterocycles. The van der Waals surface area contributed by atoms with Crippen LogP contribution in [0.3, 0.4) is 0 Å². The Balaban J connectivity index is 2.99. The molecule has 96 valence electrons. The van der Waals surface area contributed by atoms with Crippen molar-refractivity contribution in [1.29, 1.82) is 0 Å². The molecule has 0 spiro atoms. The summed E-state index contributed by atoms with van der Waals surface area (Å²) in [5.41, 5.74) is 5.73. The van der Waals surface area contributed by atoms with Gasteiger partial charge in [-0.2, -0.15) is 0 Å². The zero-order valence-corrected chi connectivity index (χ0v) is 10.5. The van der Waals surface area contributed by atoms with E-state index in [2.05, 4.69) is 4.72 Å². The highest BCUT2D eigenvalue weighted by Gasteiger charge is 2.18. The number of ether oxygens (including phenoxy) is 1. The third-order valence-electron chi connectivity index (χ3n) is 2.08. The minimum Gasteiger partial charge on any atom is -0.497 e. The van der Waals surface area contributed by atoms with E-state index in [1.165, 1.54) is 32.2 Å². The number of nitrogen functional groups attached to an aromatic ring is 1. The summed E-state index contributed by atoms with van der Waals surface area (Å²) in [6, 6.07) is 4.29. The Bertz CT molecular complexity index is 485. The molecule has 0 aliphatic rings. The van der Waals surface area contributed by atoms with Gasteiger partial charge in [0.15, 0.2) is 0 Å². The largest absolute Gasteiger partial charge is 0.497 e. The molecule has 0 aliphatic carbocycles. The Kier molecular flexibility index (Phi) is 4.33. The molecule has 6 nitrogen and oxygen atoms in total. The summed E-state index contributed by atoms with van der Waals surface area (Å²) in [5.74, 6) is 0.483. The summed E-state index contributed by atoms with van der Waals surface area (Å²) in [4.78, 5) is -0.0287. The second kappa shape index (κ2) is 5.35. The van der Waals surface area contributed by atoms with Crippen molar-refractivity contribution < 1.29 is 18.3 Å². The quantitative estimate of drug-likeness (QED) is 0.644. The molecule has 1 atom stereocenters. The lowest BCUT2D eigenvalue weighted by molar-refractivity contribution is 0.198. The fourth-order valence-corrected chi connectivity index (χ4v) is 2.44. The van der Waals surface area contributed by atoms with Crippen LogP contribution in [0.15, 0.2) is 23.1 Å². The Morgan fingerprint density at radius 2 is 2.18 bits per heavy atom. The predicted octanol–water partition coefficient (Wildman–Crippen LogP) is -0.0635. The van der Waals surface area contributed by atoms with Gasteiger partial charge in [-0.05, 0) is 19.1 Å². The highest BCUT2D eigenvalue weighted by atomic mass is 32.2. The topological polar surface area (TPSA) is 102 Å². The molecule has 17 heavy (non-hydrogen) atoms. The van der Waals surface area contributed by atoms with Crippen molar-refractivity contribution in [3.8, 4) is 5.75 Å². The molecule has 0 fully saturated rings. The zero-order valence-electron chi connectivity index (χ0n) is 9.67. The minimum absolute atomic E-state index is 0.0287.